The molecule has 0 aromatic heterocycles. The van der Waals surface area contributed by atoms with E-state index < -0.39 is 39.2 Å². The van der Waals surface area contributed by atoms with Gasteiger partial charge in [-0.1, -0.05) is 13.8 Å². The Balaban J connectivity index is 0.00000154. The summed E-state index contributed by atoms with van der Waals surface area (Å²) in [5, 5.41) is 0. The van der Waals surface area contributed by atoms with Crippen LogP contribution in [0.5, 0.6) is 0 Å². The van der Waals surface area contributed by atoms with Gasteiger partial charge in [0, 0.05) is 22.0 Å². The Bertz CT molecular complexity index is 417. The number of halogens is 6. The monoisotopic (exact) mass is 306 g/mol. The number of benzene rings is 1. The summed E-state index contributed by atoms with van der Waals surface area (Å²) in [7, 11) is -1.92. The number of hydrogen-bond acceptors (Lipinski definition) is 1. The lowest BCUT2D eigenvalue weighted by Gasteiger charge is -2.13. The van der Waals surface area contributed by atoms with Gasteiger partial charge in [-0.15, -0.1) is 0 Å². The van der Waals surface area contributed by atoms with Gasteiger partial charge in [0.05, 0.1) is 11.1 Å². The van der Waals surface area contributed by atoms with Crippen LogP contribution in [0.2, 0.25) is 0 Å². The van der Waals surface area contributed by atoms with Crippen LogP contribution in [0.3, 0.4) is 0 Å². The van der Waals surface area contributed by atoms with Crippen LogP contribution in [0.1, 0.15) is 25.0 Å². The van der Waals surface area contributed by atoms with Gasteiger partial charge in [-0.3, -0.25) is 4.21 Å². The van der Waals surface area contributed by atoms with E-state index in [4.69, 9.17) is 0 Å². The summed E-state index contributed by atoms with van der Waals surface area (Å²) in [6.45, 7) is 4.00. The van der Waals surface area contributed by atoms with Crippen LogP contribution >= 0.6 is 0 Å². The molecule has 0 heterocycles. The fraction of sp³-hybridized carbons (Fsp3) is 0.455. The Kier molecular flexibility index (Phi) is 6.05. The van der Waals surface area contributed by atoms with Gasteiger partial charge in [0.1, 0.15) is 0 Å². The highest BCUT2D eigenvalue weighted by atomic mass is 32.2. The topological polar surface area (TPSA) is 17.1 Å². The van der Waals surface area contributed by atoms with Crippen molar-refractivity contribution in [1.29, 1.82) is 0 Å². The second-order valence-electron chi connectivity index (χ2n) is 3.20. The molecule has 0 aliphatic carbocycles. The van der Waals surface area contributed by atoms with Crippen molar-refractivity contribution in [3.8, 4) is 0 Å². The molecule has 0 fully saturated rings. The van der Waals surface area contributed by atoms with Gasteiger partial charge in [-0.2, -0.15) is 26.3 Å². The van der Waals surface area contributed by atoms with Crippen molar-refractivity contribution < 1.29 is 30.6 Å². The number of hydrogen-bond donors (Lipinski definition) is 0. The molecule has 1 rings (SSSR count). The van der Waals surface area contributed by atoms with Crippen LogP contribution in [0.4, 0.5) is 26.3 Å². The fourth-order valence-electron chi connectivity index (χ4n) is 1.09. The highest BCUT2D eigenvalue weighted by Crippen LogP contribution is 2.36. The predicted octanol–water partition coefficient (Wildman–Crippen LogP) is 4.49. The van der Waals surface area contributed by atoms with Gasteiger partial charge in [-0.25, -0.2) is 0 Å². The minimum absolute atomic E-state index is 0.00361. The van der Waals surface area contributed by atoms with Crippen molar-refractivity contribution in [3.63, 3.8) is 0 Å². The lowest BCUT2D eigenvalue weighted by Crippen LogP contribution is -2.12. The maximum Gasteiger partial charge on any atom is 0.416 e. The molecule has 0 bridgehead atoms. The van der Waals surface area contributed by atoms with Crippen molar-refractivity contribution in [2.45, 2.75) is 31.1 Å². The standard InChI is InChI=1S/C9H6F6OS.C2H6/c1-17(16)7-3-5(8(10,11)12)2-6(4-7)9(13,14)15;1-2/h2-4H,1H3;1-2H3. The summed E-state index contributed by atoms with van der Waals surface area (Å²) in [5.74, 6) is 0. The molecule has 1 nitrogen and oxygen atoms in total. The van der Waals surface area contributed by atoms with Gasteiger partial charge in [-0.05, 0) is 18.2 Å². The van der Waals surface area contributed by atoms with Crippen molar-refractivity contribution in [3.05, 3.63) is 29.3 Å². The third kappa shape index (κ3) is 5.22. The Morgan fingerprint density at radius 2 is 1.16 bits per heavy atom. The van der Waals surface area contributed by atoms with E-state index in [0.29, 0.717) is 12.1 Å². The molecule has 8 heteroatoms. The molecule has 0 spiro atoms. The van der Waals surface area contributed by atoms with Crippen LogP contribution in [-0.2, 0) is 23.2 Å². The van der Waals surface area contributed by atoms with Gasteiger partial charge in [0.2, 0.25) is 0 Å². The summed E-state index contributed by atoms with van der Waals surface area (Å²) in [6.07, 6.45) is -8.81. The van der Waals surface area contributed by atoms with Crippen molar-refractivity contribution in [2.24, 2.45) is 0 Å². The van der Waals surface area contributed by atoms with Crippen LogP contribution in [0.15, 0.2) is 23.1 Å². The lowest BCUT2D eigenvalue weighted by atomic mass is 10.1. The molecular weight excluding hydrogens is 294 g/mol. The third-order valence-corrected chi connectivity index (χ3v) is 2.79. The fourth-order valence-corrected chi connectivity index (χ4v) is 1.68. The molecule has 0 radical (unpaired) electrons. The number of rotatable bonds is 1. The van der Waals surface area contributed by atoms with Crippen LogP contribution in [0.25, 0.3) is 0 Å². The molecule has 1 atom stereocenters. The molecular formula is C11H12F6OS. The molecule has 110 valence electrons. The Morgan fingerprint density at radius 3 is 1.37 bits per heavy atom. The minimum atomic E-state index is -4.91. The van der Waals surface area contributed by atoms with Gasteiger partial charge >= 0.3 is 12.4 Å². The lowest BCUT2D eigenvalue weighted by molar-refractivity contribution is -0.143. The van der Waals surface area contributed by atoms with Crippen molar-refractivity contribution >= 4 is 10.8 Å². The first-order valence-corrected chi connectivity index (χ1v) is 6.70. The maximum atomic E-state index is 12.3. The summed E-state index contributed by atoms with van der Waals surface area (Å²) in [4.78, 5) is -0.507. The highest BCUT2D eigenvalue weighted by molar-refractivity contribution is 7.84. The molecule has 0 aliphatic heterocycles. The number of alkyl halides is 6. The van der Waals surface area contributed by atoms with E-state index in [0.717, 1.165) is 6.26 Å². The SMILES string of the molecule is CC.CS(=O)c1cc(C(F)(F)F)cc(C(F)(F)F)c1. The molecule has 0 amide bonds. The van der Waals surface area contributed by atoms with E-state index in [2.05, 4.69) is 0 Å². The molecule has 1 unspecified atom stereocenters. The Morgan fingerprint density at radius 1 is 0.842 bits per heavy atom. The van der Waals surface area contributed by atoms with E-state index in [1.807, 2.05) is 13.8 Å². The van der Waals surface area contributed by atoms with Gasteiger partial charge < -0.3 is 0 Å². The zero-order valence-corrected chi connectivity index (χ0v) is 11.1. The minimum Gasteiger partial charge on any atom is -0.255 e. The van der Waals surface area contributed by atoms with Crippen molar-refractivity contribution in [2.75, 3.05) is 6.26 Å². The molecule has 19 heavy (non-hydrogen) atoms. The smallest absolute Gasteiger partial charge is 0.255 e. The summed E-state index contributed by atoms with van der Waals surface area (Å²) in [6, 6.07) is 0.896. The van der Waals surface area contributed by atoms with E-state index >= 15 is 0 Å². The molecule has 0 N–H and O–H groups in total. The zero-order chi connectivity index (χ0) is 15.4. The van der Waals surface area contributed by atoms with Crippen LogP contribution in [0, 0.1) is 0 Å². The first kappa shape index (κ1) is 17.9. The zero-order valence-electron chi connectivity index (χ0n) is 10.3. The average Bonchev–Trinajstić information content (AvgIpc) is 2.28. The quantitative estimate of drug-likeness (QED) is 0.699. The van der Waals surface area contributed by atoms with Gasteiger partial charge in [0.25, 0.3) is 0 Å². The highest BCUT2D eigenvalue weighted by Gasteiger charge is 2.37. The molecule has 0 aliphatic rings. The second-order valence-corrected chi connectivity index (χ2v) is 4.58. The molecule has 1 aromatic rings. The molecule has 1 aromatic carbocycles. The Hall–Kier alpha value is -1.05. The van der Waals surface area contributed by atoms with Crippen molar-refractivity contribution in [1.82, 2.24) is 0 Å². The Labute approximate surface area is 109 Å². The normalized spacial score (nSPS) is 13.5. The predicted molar refractivity (Wildman–Crippen MR) is 60.1 cm³/mol. The summed E-state index contributed by atoms with van der Waals surface area (Å²) >= 11 is 0. The maximum absolute atomic E-state index is 12.3. The van der Waals surface area contributed by atoms with Crippen LogP contribution in [-0.4, -0.2) is 10.5 Å². The third-order valence-electron chi connectivity index (χ3n) is 1.89. The van der Waals surface area contributed by atoms with E-state index in [1.54, 1.807) is 0 Å². The largest absolute Gasteiger partial charge is 0.416 e. The first-order valence-electron chi connectivity index (χ1n) is 5.14. The van der Waals surface area contributed by atoms with E-state index in [9.17, 15) is 30.6 Å². The van der Waals surface area contributed by atoms with E-state index in [-0.39, 0.29) is 6.07 Å². The summed E-state index contributed by atoms with van der Waals surface area (Å²) < 4.78 is 85.0. The second kappa shape index (κ2) is 6.40. The van der Waals surface area contributed by atoms with E-state index in [1.165, 1.54) is 0 Å². The first-order chi connectivity index (χ1) is 8.51. The van der Waals surface area contributed by atoms with Crippen LogP contribution < -0.4 is 0 Å². The average molecular weight is 306 g/mol. The molecule has 0 saturated heterocycles. The molecule has 0 saturated carbocycles. The van der Waals surface area contributed by atoms with Gasteiger partial charge in [0.15, 0.2) is 0 Å². The summed E-state index contributed by atoms with van der Waals surface area (Å²) in [5.41, 5.74) is -2.92.